The average molecular weight is 647 g/mol. The van der Waals surface area contributed by atoms with Crippen LogP contribution in [0.3, 0.4) is 0 Å². The zero-order valence-electron chi connectivity index (χ0n) is 25.0. The average Bonchev–Trinajstić information content (AvgIpc) is 3.45. The van der Waals surface area contributed by atoms with Gasteiger partial charge in [0.15, 0.2) is 0 Å². The molecule has 12 nitrogen and oxygen atoms in total. The fourth-order valence-electron chi connectivity index (χ4n) is 5.71. The van der Waals surface area contributed by atoms with Gasteiger partial charge >= 0.3 is 0 Å². The zero-order chi connectivity index (χ0) is 31.2. The first-order valence-electron chi connectivity index (χ1n) is 14.8. The van der Waals surface area contributed by atoms with Crippen molar-refractivity contribution in [2.75, 3.05) is 71.9 Å². The highest BCUT2D eigenvalue weighted by Gasteiger charge is 2.24. The van der Waals surface area contributed by atoms with E-state index in [0.717, 1.165) is 45.4 Å². The number of hydrogen-bond donors (Lipinski definition) is 1. The summed E-state index contributed by atoms with van der Waals surface area (Å²) in [6, 6.07) is 3.28. The van der Waals surface area contributed by atoms with Crippen molar-refractivity contribution in [2.24, 2.45) is 0 Å². The molecule has 44 heavy (non-hydrogen) atoms. The van der Waals surface area contributed by atoms with Crippen molar-refractivity contribution in [3.63, 3.8) is 0 Å². The number of amides is 2. The molecule has 0 atom stereocenters. The van der Waals surface area contributed by atoms with Crippen LogP contribution in [0, 0.1) is 0 Å². The molecule has 0 unspecified atom stereocenters. The molecule has 1 aromatic carbocycles. The smallest absolute Gasteiger partial charge is 0.260 e. The van der Waals surface area contributed by atoms with Crippen molar-refractivity contribution in [1.82, 2.24) is 29.2 Å². The molecule has 2 aliphatic rings. The predicted molar refractivity (Wildman–Crippen MR) is 170 cm³/mol. The third-order valence-electron chi connectivity index (χ3n) is 8.14. The molecule has 2 saturated heterocycles. The Hall–Kier alpha value is -3.61. The van der Waals surface area contributed by atoms with Crippen LogP contribution in [0.2, 0.25) is 10.0 Å². The van der Waals surface area contributed by atoms with Crippen LogP contribution >= 0.6 is 23.2 Å². The second kappa shape index (κ2) is 14.4. The number of aryl methyl sites for hydroxylation is 1. The lowest BCUT2D eigenvalue weighted by Gasteiger charge is -2.32. The number of carbonyl (C=O) groups excluding carboxylic acids is 2. The van der Waals surface area contributed by atoms with Crippen LogP contribution in [0.4, 0.5) is 5.95 Å². The molecule has 5 rings (SSSR count). The highest BCUT2D eigenvalue weighted by molar-refractivity contribution is 6.41. The number of fused-ring (bicyclic) bond motifs is 1. The maximum Gasteiger partial charge on any atom is 0.260 e. The number of methoxy groups -OCH3 is 2. The van der Waals surface area contributed by atoms with E-state index < -0.39 is 0 Å². The summed E-state index contributed by atoms with van der Waals surface area (Å²) in [5, 5.41) is 4.28. The van der Waals surface area contributed by atoms with Crippen LogP contribution in [-0.4, -0.2) is 108 Å². The maximum absolute atomic E-state index is 14.2. The molecule has 2 fully saturated rings. The van der Waals surface area contributed by atoms with Crippen LogP contribution in [0.5, 0.6) is 11.5 Å². The molecule has 2 amide bonds. The Labute approximate surface area is 265 Å². The van der Waals surface area contributed by atoms with Crippen LogP contribution in [-0.2, 0) is 16.1 Å². The first-order chi connectivity index (χ1) is 21.3. The number of piperazine rings is 1. The normalized spacial score (nSPS) is 15.7. The number of aromatic nitrogens is 3. The van der Waals surface area contributed by atoms with Crippen molar-refractivity contribution in [3.8, 4) is 22.6 Å². The highest BCUT2D eigenvalue weighted by atomic mass is 35.5. The van der Waals surface area contributed by atoms with Crippen molar-refractivity contribution >= 4 is 52.5 Å². The van der Waals surface area contributed by atoms with Gasteiger partial charge in [-0.1, -0.05) is 23.2 Å². The van der Waals surface area contributed by atoms with E-state index in [4.69, 9.17) is 37.7 Å². The highest BCUT2D eigenvalue weighted by Crippen LogP contribution is 2.45. The lowest BCUT2D eigenvalue weighted by molar-refractivity contribution is -0.127. The second-order valence-electron chi connectivity index (χ2n) is 10.9. The predicted octanol–water partition coefficient (Wildman–Crippen LogP) is 3.37. The lowest BCUT2D eigenvalue weighted by atomic mass is 10.0. The third kappa shape index (κ3) is 6.87. The molecule has 0 saturated carbocycles. The van der Waals surface area contributed by atoms with Gasteiger partial charge in [0.25, 0.3) is 5.56 Å². The van der Waals surface area contributed by atoms with Gasteiger partial charge in [-0.15, -0.1) is 0 Å². The minimum absolute atomic E-state index is 0.199. The molecule has 2 aliphatic heterocycles. The number of nitrogens with one attached hydrogen (secondary N) is 1. The number of halogens is 2. The summed E-state index contributed by atoms with van der Waals surface area (Å²) in [5.41, 5.74) is 0.774. The maximum atomic E-state index is 14.2. The van der Waals surface area contributed by atoms with E-state index in [-0.39, 0.29) is 27.1 Å². The Kier molecular flexibility index (Phi) is 10.4. The fraction of sp³-hybridized carbons (Fsp3) is 0.500. The summed E-state index contributed by atoms with van der Waals surface area (Å²) in [4.78, 5) is 52.4. The van der Waals surface area contributed by atoms with Gasteiger partial charge in [-0.05, 0) is 31.9 Å². The SMILES string of the molecule is COc1cc(OC)c(Cl)c(-c2cc3cnc(NCCCN4CCCC4=O)nc3n(CCCN3CCN(C=O)CC3)c2=O)c1Cl. The third-order valence-corrected chi connectivity index (χ3v) is 8.89. The van der Waals surface area contributed by atoms with Crippen LogP contribution in [0.1, 0.15) is 25.7 Å². The summed E-state index contributed by atoms with van der Waals surface area (Å²) in [5.74, 6) is 1.26. The summed E-state index contributed by atoms with van der Waals surface area (Å²) in [6.45, 7) is 6.14. The molecule has 3 aromatic rings. The van der Waals surface area contributed by atoms with Crippen LogP contribution in [0.25, 0.3) is 22.2 Å². The quantitative estimate of drug-likeness (QED) is 0.220. The first-order valence-corrected chi connectivity index (χ1v) is 15.5. The van der Waals surface area contributed by atoms with Gasteiger partial charge in [0, 0.05) is 82.0 Å². The minimum Gasteiger partial charge on any atom is -0.495 e. The Morgan fingerprint density at radius 3 is 2.32 bits per heavy atom. The first kappa shape index (κ1) is 31.8. The van der Waals surface area contributed by atoms with Gasteiger partial charge in [0.1, 0.15) is 17.1 Å². The molecule has 4 heterocycles. The Morgan fingerprint density at radius 1 is 0.955 bits per heavy atom. The van der Waals surface area contributed by atoms with Crippen molar-refractivity contribution in [1.29, 1.82) is 0 Å². The van der Waals surface area contributed by atoms with Gasteiger partial charge in [0.2, 0.25) is 18.3 Å². The van der Waals surface area contributed by atoms with E-state index in [0.29, 0.717) is 79.6 Å². The molecule has 1 N–H and O–H groups in total. The monoisotopic (exact) mass is 645 g/mol. The number of pyridine rings is 1. The molecule has 0 spiro atoms. The summed E-state index contributed by atoms with van der Waals surface area (Å²) in [7, 11) is 2.97. The molecule has 236 valence electrons. The number of benzene rings is 1. The number of nitrogens with zero attached hydrogens (tertiary/aromatic N) is 6. The molecule has 14 heteroatoms. The van der Waals surface area contributed by atoms with Gasteiger partial charge in [-0.2, -0.15) is 4.98 Å². The van der Waals surface area contributed by atoms with Gasteiger partial charge in [0.05, 0.1) is 29.8 Å². The van der Waals surface area contributed by atoms with Crippen LogP contribution in [0.15, 0.2) is 23.1 Å². The van der Waals surface area contributed by atoms with E-state index in [1.165, 1.54) is 14.2 Å². The lowest BCUT2D eigenvalue weighted by Crippen LogP contribution is -2.46. The standard InChI is InChI=1S/C30H37Cl2N7O5/c1-43-22-17-23(44-2)27(32)25(26(22)31)21-16-20-18-34-30(33-7-4-10-38-9-3-6-24(38)41)35-28(20)39(29(21)42)11-5-8-36-12-14-37(19-40)15-13-36/h16-19H,3-15H2,1-2H3,(H,33,34,35). The van der Waals surface area contributed by atoms with Crippen molar-refractivity contribution < 1.29 is 19.1 Å². The van der Waals surface area contributed by atoms with Gasteiger partial charge < -0.3 is 24.6 Å². The molecule has 2 aromatic heterocycles. The molecule has 0 radical (unpaired) electrons. The molecule has 0 bridgehead atoms. The Morgan fingerprint density at radius 2 is 1.68 bits per heavy atom. The largest absolute Gasteiger partial charge is 0.495 e. The molecular weight excluding hydrogens is 609 g/mol. The van der Waals surface area contributed by atoms with E-state index in [2.05, 4.69) is 15.2 Å². The Bertz CT molecular complexity index is 1550. The van der Waals surface area contributed by atoms with Crippen molar-refractivity contribution in [3.05, 3.63) is 38.7 Å². The van der Waals surface area contributed by atoms with E-state index in [1.54, 1.807) is 27.8 Å². The molecule has 0 aliphatic carbocycles. The number of likely N-dealkylation sites (tertiary alicyclic amines) is 1. The fourth-order valence-corrected chi connectivity index (χ4v) is 6.41. The zero-order valence-corrected chi connectivity index (χ0v) is 26.5. The number of anilines is 1. The van der Waals surface area contributed by atoms with Crippen molar-refractivity contribution in [2.45, 2.75) is 32.2 Å². The summed E-state index contributed by atoms with van der Waals surface area (Å²) in [6.07, 6.45) is 5.52. The Balaban J connectivity index is 1.45. The van der Waals surface area contributed by atoms with Gasteiger partial charge in [-0.25, -0.2) is 4.98 Å². The van der Waals surface area contributed by atoms with Gasteiger partial charge in [-0.3, -0.25) is 23.9 Å². The number of ether oxygens (including phenoxy) is 2. The molecular formula is C30H37Cl2N7O5. The van der Waals surface area contributed by atoms with E-state index >= 15 is 0 Å². The summed E-state index contributed by atoms with van der Waals surface area (Å²) < 4.78 is 12.5. The summed E-state index contributed by atoms with van der Waals surface area (Å²) >= 11 is 13.4. The topological polar surface area (TPSA) is 122 Å². The van der Waals surface area contributed by atoms with Crippen LogP contribution < -0.4 is 20.3 Å². The minimum atomic E-state index is -0.306. The number of rotatable bonds is 13. The number of hydrogen-bond acceptors (Lipinski definition) is 9. The number of carbonyl (C=O) groups is 2. The second-order valence-corrected chi connectivity index (χ2v) is 11.6. The van der Waals surface area contributed by atoms with E-state index in [1.807, 2.05) is 4.90 Å². The van der Waals surface area contributed by atoms with E-state index in [9.17, 15) is 14.4 Å².